The molecule has 0 saturated carbocycles. The van der Waals surface area contributed by atoms with Crippen molar-refractivity contribution in [2.45, 2.75) is 0 Å². The fraction of sp³-hybridized carbons (Fsp3) is 0. The predicted molar refractivity (Wildman–Crippen MR) is 57.7 cm³/mol. The number of hydrogen-bond donors (Lipinski definition) is 0. The molecule has 66 valence electrons. The highest BCUT2D eigenvalue weighted by atomic mass is 32.1. The molecule has 0 radical (unpaired) electrons. The molecule has 0 amide bonds. The van der Waals surface area contributed by atoms with E-state index in [4.69, 9.17) is 0 Å². The Morgan fingerprint density at radius 2 is 1.85 bits per heavy atom. The average molecular weight is 190 g/mol. The van der Waals surface area contributed by atoms with Gasteiger partial charge < -0.3 is 0 Å². The first kappa shape index (κ1) is 9.68. The van der Waals surface area contributed by atoms with Gasteiger partial charge in [-0.2, -0.15) is 0 Å². The van der Waals surface area contributed by atoms with Crippen LogP contribution < -0.4 is 0 Å². The van der Waals surface area contributed by atoms with E-state index in [9.17, 15) is 4.79 Å². The first-order valence-corrected chi connectivity index (χ1v) is 4.80. The van der Waals surface area contributed by atoms with Crippen LogP contribution >= 0.6 is 11.3 Å². The van der Waals surface area contributed by atoms with Crippen LogP contribution in [0.3, 0.4) is 0 Å². The van der Waals surface area contributed by atoms with Crippen LogP contribution in [0.4, 0.5) is 0 Å². The van der Waals surface area contributed by atoms with Crippen molar-refractivity contribution in [1.82, 2.24) is 0 Å². The first-order valence-electron chi connectivity index (χ1n) is 3.92. The Morgan fingerprint density at radius 3 is 2.54 bits per heavy atom. The summed E-state index contributed by atoms with van der Waals surface area (Å²) in [4.78, 5) is 11.1. The summed E-state index contributed by atoms with van der Waals surface area (Å²) in [6.07, 6.45) is 11.6. The lowest BCUT2D eigenvalue weighted by atomic mass is 10.4. The third-order valence-electron chi connectivity index (χ3n) is 1.33. The Hall–Kier alpha value is -1.41. The van der Waals surface area contributed by atoms with Crippen LogP contribution in [0.2, 0.25) is 0 Å². The lowest BCUT2D eigenvalue weighted by Gasteiger charge is -1.78. The van der Waals surface area contributed by atoms with Crippen LogP contribution in [0.25, 0.3) is 6.08 Å². The largest absolute Gasteiger partial charge is 0.299 e. The molecule has 0 aliphatic heterocycles. The maximum absolute atomic E-state index is 9.89. The number of allylic oxidation sites excluding steroid dienone is 5. The average Bonchev–Trinajstić information content (AvgIpc) is 2.63. The van der Waals surface area contributed by atoms with Gasteiger partial charge in [0, 0.05) is 4.88 Å². The maximum Gasteiger partial charge on any atom is 0.142 e. The van der Waals surface area contributed by atoms with E-state index < -0.39 is 0 Å². The molecular weight excluding hydrogens is 180 g/mol. The van der Waals surface area contributed by atoms with E-state index in [-0.39, 0.29) is 0 Å². The lowest BCUT2D eigenvalue weighted by molar-refractivity contribution is -0.104. The van der Waals surface area contributed by atoms with E-state index in [1.807, 2.05) is 35.8 Å². The van der Waals surface area contributed by atoms with Crippen molar-refractivity contribution in [2.75, 3.05) is 0 Å². The van der Waals surface area contributed by atoms with Crippen molar-refractivity contribution in [2.24, 2.45) is 0 Å². The summed E-state index contributed by atoms with van der Waals surface area (Å²) in [6.45, 7) is 0. The highest BCUT2D eigenvalue weighted by Gasteiger charge is 1.81. The smallest absolute Gasteiger partial charge is 0.142 e. The molecular formula is C11H10OS. The number of hydrogen-bond acceptors (Lipinski definition) is 2. The lowest BCUT2D eigenvalue weighted by Crippen LogP contribution is -1.57. The number of carbonyl (C=O) groups is 1. The zero-order valence-electron chi connectivity index (χ0n) is 7.09. The van der Waals surface area contributed by atoms with Gasteiger partial charge in [0.1, 0.15) is 6.29 Å². The third-order valence-corrected chi connectivity index (χ3v) is 2.16. The van der Waals surface area contributed by atoms with E-state index in [1.54, 1.807) is 17.4 Å². The summed E-state index contributed by atoms with van der Waals surface area (Å²) in [6, 6.07) is 4.07. The molecule has 1 heterocycles. The highest BCUT2D eigenvalue weighted by molar-refractivity contribution is 7.10. The fourth-order valence-corrected chi connectivity index (χ4v) is 1.40. The van der Waals surface area contributed by atoms with Crippen LogP contribution in [-0.2, 0) is 4.79 Å². The Kier molecular flexibility index (Phi) is 4.57. The van der Waals surface area contributed by atoms with Crippen LogP contribution in [0.1, 0.15) is 4.88 Å². The maximum atomic E-state index is 9.89. The number of aldehydes is 1. The summed E-state index contributed by atoms with van der Waals surface area (Å²) in [5, 5.41) is 2.04. The van der Waals surface area contributed by atoms with Gasteiger partial charge in [-0.25, -0.2) is 0 Å². The molecule has 1 rings (SSSR count). The van der Waals surface area contributed by atoms with Gasteiger partial charge in [-0.1, -0.05) is 30.4 Å². The molecule has 0 aliphatic carbocycles. The van der Waals surface area contributed by atoms with Gasteiger partial charge in [-0.3, -0.25) is 4.79 Å². The Balaban J connectivity index is 2.38. The molecule has 0 fully saturated rings. The molecule has 1 aromatic heterocycles. The van der Waals surface area contributed by atoms with E-state index in [1.165, 1.54) is 11.0 Å². The first-order chi connectivity index (χ1) is 6.43. The molecule has 1 aromatic rings. The van der Waals surface area contributed by atoms with Crippen molar-refractivity contribution >= 4 is 23.7 Å². The van der Waals surface area contributed by atoms with Crippen molar-refractivity contribution in [3.8, 4) is 0 Å². The highest BCUT2D eigenvalue weighted by Crippen LogP contribution is 2.09. The van der Waals surface area contributed by atoms with E-state index in [0.717, 1.165) is 6.29 Å². The van der Waals surface area contributed by atoms with Gasteiger partial charge in [-0.05, 0) is 23.6 Å². The van der Waals surface area contributed by atoms with Crippen molar-refractivity contribution < 1.29 is 4.79 Å². The molecule has 1 nitrogen and oxygen atoms in total. The Bertz CT molecular complexity index is 318. The molecule has 0 aromatic carbocycles. The van der Waals surface area contributed by atoms with Crippen LogP contribution in [-0.4, -0.2) is 6.29 Å². The summed E-state index contributed by atoms with van der Waals surface area (Å²) < 4.78 is 0. The standard InChI is InChI=1S/C11H10OS/c12-9-5-3-1-2-4-7-11-8-6-10-13-11/h1-10H. The molecule has 0 spiro atoms. The minimum atomic E-state index is 0.757. The second-order valence-corrected chi connectivity index (χ2v) is 3.26. The van der Waals surface area contributed by atoms with Crippen LogP contribution in [0, 0.1) is 0 Å². The normalized spacial score (nSPS) is 12.0. The van der Waals surface area contributed by atoms with Gasteiger partial charge in [0.15, 0.2) is 0 Å². The molecule has 2 heteroatoms. The zero-order valence-corrected chi connectivity index (χ0v) is 7.91. The SMILES string of the molecule is O=CC=CC=CC=Cc1cccs1. The van der Waals surface area contributed by atoms with Crippen molar-refractivity contribution in [3.05, 3.63) is 52.8 Å². The number of thiophene rings is 1. The van der Waals surface area contributed by atoms with Crippen molar-refractivity contribution in [3.63, 3.8) is 0 Å². The zero-order chi connectivity index (χ0) is 9.36. The molecule has 0 aliphatic rings. The monoisotopic (exact) mass is 190 g/mol. The fourth-order valence-electron chi connectivity index (χ4n) is 0.774. The minimum absolute atomic E-state index is 0.757. The van der Waals surface area contributed by atoms with Gasteiger partial charge in [0.25, 0.3) is 0 Å². The van der Waals surface area contributed by atoms with Gasteiger partial charge >= 0.3 is 0 Å². The van der Waals surface area contributed by atoms with E-state index in [0.29, 0.717) is 0 Å². The van der Waals surface area contributed by atoms with Crippen molar-refractivity contribution in [1.29, 1.82) is 0 Å². The Morgan fingerprint density at radius 1 is 1.08 bits per heavy atom. The van der Waals surface area contributed by atoms with Gasteiger partial charge in [0.05, 0.1) is 0 Å². The third kappa shape index (κ3) is 4.23. The molecule has 0 unspecified atom stereocenters. The molecule has 0 N–H and O–H groups in total. The summed E-state index contributed by atoms with van der Waals surface area (Å²) >= 11 is 1.70. The van der Waals surface area contributed by atoms with Gasteiger partial charge in [0.2, 0.25) is 0 Å². The second-order valence-electron chi connectivity index (χ2n) is 2.28. The summed E-state index contributed by atoms with van der Waals surface area (Å²) in [7, 11) is 0. The predicted octanol–water partition coefficient (Wildman–Crippen LogP) is 3.07. The molecule has 0 bridgehead atoms. The summed E-state index contributed by atoms with van der Waals surface area (Å²) in [5.74, 6) is 0. The Labute approximate surface area is 81.7 Å². The minimum Gasteiger partial charge on any atom is -0.299 e. The van der Waals surface area contributed by atoms with E-state index in [2.05, 4.69) is 6.07 Å². The molecule has 0 saturated heterocycles. The molecule has 13 heavy (non-hydrogen) atoms. The molecule has 0 atom stereocenters. The summed E-state index contributed by atoms with van der Waals surface area (Å²) in [5.41, 5.74) is 0. The topological polar surface area (TPSA) is 17.1 Å². The quantitative estimate of drug-likeness (QED) is 0.405. The number of carbonyl (C=O) groups excluding carboxylic acids is 1. The van der Waals surface area contributed by atoms with Gasteiger partial charge in [-0.15, -0.1) is 11.3 Å². The van der Waals surface area contributed by atoms with E-state index >= 15 is 0 Å². The number of rotatable bonds is 4. The van der Waals surface area contributed by atoms with Crippen LogP contribution in [0.5, 0.6) is 0 Å². The second kappa shape index (κ2) is 6.14. The van der Waals surface area contributed by atoms with Crippen LogP contribution in [0.15, 0.2) is 47.9 Å².